The first kappa shape index (κ1) is 10.9. The molecular weight excluding hydrogens is 256 g/mol. The smallest absolute Gasteiger partial charge is 0.177 e. The van der Waals surface area contributed by atoms with Crippen molar-refractivity contribution in [2.75, 3.05) is 18.0 Å². The van der Waals surface area contributed by atoms with Gasteiger partial charge in [-0.05, 0) is 12.1 Å². The van der Waals surface area contributed by atoms with E-state index in [0.717, 1.165) is 24.6 Å². The molecule has 4 heterocycles. The lowest BCUT2D eigenvalue weighted by molar-refractivity contribution is 0.365. The van der Waals surface area contributed by atoms with Gasteiger partial charge in [0.05, 0.1) is 17.8 Å². The van der Waals surface area contributed by atoms with Crippen LogP contribution in [0.5, 0.6) is 0 Å². The van der Waals surface area contributed by atoms with Gasteiger partial charge in [-0.25, -0.2) is 0 Å². The second kappa shape index (κ2) is 4.03. The molecule has 0 amide bonds. The Hall–Kier alpha value is -2.95. The second-order valence-electron chi connectivity index (χ2n) is 4.70. The molecule has 0 N–H and O–H groups in total. The Labute approximate surface area is 113 Å². The molecule has 0 aliphatic carbocycles. The average Bonchev–Trinajstić information content (AvgIpc) is 3.04. The zero-order valence-electron chi connectivity index (χ0n) is 10.5. The van der Waals surface area contributed by atoms with Crippen molar-refractivity contribution in [2.45, 2.75) is 6.04 Å². The molecule has 3 aromatic heterocycles. The first-order valence-electron chi connectivity index (χ1n) is 6.20. The lowest BCUT2D eigenvalue weighted by atomic mass is 10.1. The number of hydrogen-bond acceptors (Lipinski definition) is 6. The highest BCUT2D eigenvalue weighted by Crippen LogP contribution is 2.25. The Kier molecular flexibility index (Phi) is 2.20. The molecule has 0 atom stereocenters. The quantitative estimate of drug-likeness (QED) is 0.661. The number of anilines is 1. The Morgan fingerprint density at radius 1 is 1.30 bits per heavy atom. The molecule has 0 aromatic carbocycles. The normalized spacial score (nSPS) is 15.2. The van der Waals surface area contributed by atoms with Crippen molar-refractivity contribution >= 4 is 11.5 Å². The summed E-state index contributed by atoms with van der Waals surface area (Å²) < 4.78 is 3.50. The van der Waals surface area contributed by atoms with Gasteiger partial charge in [0.25, 0.3) is 0 Å². The van der Waals surface area contributed by atoms with Crippen molar-refractivity contribution in [3.63, 3.8) is 0 Å². The molecule has 98 valence electrons. The maximum Gasteiger partial charge on any atom is 0.177 e. The average molecular weight is 266 g/mol. The van der Waals surface area contributed by atoms with E-state index in [1.165, 1.54) is 0 Å². The molecule has 1 aliphatic rings. The SMILES string of the molecule is N#Cc1cnn(C2CN(c3ccc4nncn4n3)C2)c1. The number of rotatable bonds is 2. The molecule has 8 heteroatoms. The fourth-order valence-electron chi connectivity index (χ4n) is 2.29. The van der Waals surface area contributed by atoms with Crippen LogP contribution < -0.4 is 4.90 Å². The van der Waals surface area contributed by atoms with Crippen LogP contribution in [0.1, 0.15) is 11.6 Å². The minimum atomic E-state index is 0.288. The number of hydrogen-bond donors (Lipinski definition) is 0. The van der Waals surface area contributed by atoms with Crippen LogP contribution in [0.4, 0.5) is 5.82 Å². The van der Waals surface area contributed by atoms with Crippen molar-refractivity contribution in [3.8, 4) is 6.07 Å². The summed E-state index contributed by atoms with van der Waals surface area (Å²) in [5.41, 5.74) is 1.32. The van der Waals surface area contributed by atoms with Gasteiger partial charge in [-0.3, -0.25) is 4.68 Å². The molecular formula is C12H10N8. The van der Waals surface area contributed by atoms with E-state index in [1.54, 1.807) is 23.2 Å². The molecule has 3 aromatic rings. The number of aromatic nitrogens is 6. The third kappa shape index (κ3) is 1.60. The van der Waals surface area contributed by atoms with Gasteiger partial charge in [0.2, 0.25) is 0 Å². The van der Waals surface area contributed by atoms with Gasteiger partial charge in [0, 0.05) is 19.3 Å². The minimum absolute atomic E-state index is 0.288. The van der Waals surface area contributed by atoms with Crippen LogP contribution >= 0.6 is 0 Å². The van der Waals surface area contributed by atoms with E-state index in [2.05, 4.69) is 31.4 Å². The maximum absolute atomic E-state index is 8.80. The van der Waals surface area contributed by atoms with Crippen molar-refractivity contribution in [2.24, 2.45) is 0 Å². The highest BCUT2D eigenvalue weighted by molar-refractivity contribution is 5.47. The molecule has 1 aliphatic heterocycles. The van der Waals surface area contributed by atoms with E-state index < -0.39 is 0 Å². The van der Waals surface area contributed by atoms with E-state index in [4.69, 9.17) is 5.26 Å². The van der Waals surface area contributed by atoms with Crippen LogP contribution in [0.15, 0.2) is 30.9 Å². The van der Waals surface area contributed by atoms with Crippen molar-refractivity contribution < 1.29 is 0 Å². The Bertz CT molecular complexity index is 804. The highest BCUT2D eigenvalue weighted by atomic mass is 15.4. The monoisotopic (exact) mass is 266 g/mol. The van der Waals surface area contributed by atoms with Gasteiger partial charge in [0.1, 0.15) is 18.2 Å². The van der Waals surface area contributed by atoms with E-state index >= 15 is 0 Å². The van der Waals surface area contributed by atoms with E-state index in [9.17, 15) is 0 Å². The van der Waals surface area contributed by atoms with Crippen LogP contribution in [0.3, 0.4) is 0 Å². The van der Waals surface area contributed by atoms with Gasteiger partial charge in [-0.15, -0.1) is 15.3 Å². The predicted molar refractivity (Wildman–Crippen MR) is 69.0 cm³/mol. The summed E-state index contributed by atoms with van der Waals surface area (Å²) >= 11 is 0. The van der Waals surface area contributed by atoms with Gasteiger partial charge >= 0.3 is 0 Å². The molecule has 20 heavy (non-hydrogen) atoms. The summed E-state index contributed by atoms with van der Waals surface area (Å²) in [7, 11) is 0. The third-order valence-electron chi connectivity index (χ3n) is 3.44. The van der Waals surface area contributed by atoms with Crippen LogP contribution in [-0.4, -0.2) is 42.7 Å². The van der Waals surface area contributed by atoms with Gasteiger partial charge < -0.3 is 4.90 Å². The maximum atomic E-state index is 8.80. The summed E-state index contributed by atoms with van der Waals surface area (Å²) in [6.07, 6.45) is 4.95. The topological polar surface area (TPSA) is 87.9 Å². The molecule has 0 bridgehead atoms. The third-order valence-corrected chi connectivity index (χ3v) is 3.44. The first-order chi connectivity index (χ1) is 9.83. The largest absolute Gasteiger partial charge is 0.351 e. The molecule has 1 saturated heterocycles. The highest BCUT2D eigenvalue weighted by Gasteiger charge is 2.30. The summed E-state index contributed by atoms with van der Waals surface area (Å²) in [5, 5.41) is 25.2. The standard InChI is InChI=1S/C12H10N8/c13-3-9-4-15-19(5-9)10-6-18(7-10)12-2-1-11-16-14-8-20(11)17-12/h1-2,4-5,8,10H,6-7H2. The molecule has 0 radical (unpaired) electrons. The number of fused-ring (bicyclic) bond motifs is 1. The van der Waals surface area contributed by atoms with Gasteiger partial charge in [-0.1, -0.05) is 0 Å². The Morgan fingerprint density at radius 3 is 3.00 bits per heavy atom. The van der Waals surface area contributed by atoms with Crippen LogP contribution in [0.2, 0.25) is 0 Å². The first-order valence-corrected chi connectivity index (χ1v) is 6.20. The van der Waals surface area contributed by atoms with Gasteiger partial charge in [0.15, 0.2) is 5.65 Å². The minimum Gasteiger partial charge on any atom is -0.351 e. The molecule has 0 saturated carbocycles. The predicted octanol–water partition coefficient (Wildman–Crippen LogP) is 0.254. The van der Waals surface area contributed by atoms with E-state index in [0.29, 0.717) is 5.56 Å². The van der Waals surface area contributed by atoms with Crippen molar-refractivity contribution in [1.82, 2.24) is 29.6 Å². The summed E-state index contributed by atoms with van der Waals surface area (Å²) in [4.78, 5) is 2.15. The lowest BCUT2D eigenvalue weighted by Crippen LogP contribution is -2.48. The summed E-state index contributed by atoms with van der Waals surface area (Å²) in [6, 6.07) is 6.20. The fourth-order valence-corrected chi connectivity index (χ4v) is 2.29. The van der Waals surface area contributed by atoms with Crippen LogP contribution in [0.25, 0.3) is 5.65 Å². The summed E-state index contributed by atoms with van der Waals surface area (Å²) in [6.45, 7) is 1.65. The van der Waals surface area contributed by atoms with E-state index in [1.807, 2.05) is 16.8 Å². The van der Waals surface area contributed by atoms with E-state index in [-0.39, 0.29) is 6.04 Å². The van der Waals surface area contributed by atoms with Gasteiger partial charge in [-0.2, -0.15) is 14.9 Å². The fraction of sp³-hybridized carbons (Fsp3) is 0.250. The zero-order valence-corrected chi connectivity index (χ0v) is 10.5. The lowest BCUT2D eigenvalue weighted by Gasteiger charge is -2.39. The molecule has 0 unspecified atom stereocenters. The molecule has 0 spiro atoms. The zero-order chi connectivity index (χ0) is 13.5. The van der Waals surface area contributed by atoms with Crippen molar-refractivity contribution in [3.05, 3.63) is 36.4 Å². The molecule has 4 rings (SSSR count). The van der Waals surface area contributed by atoms with Crippen molar-refractivity contribution in [1.29, 1.82) is 5.26 Å². The van der Waals surface area contributed by atoms with Crippen LogP contribution in [-0.2, 0) is 0 Å². The Balaban J connectivity index is 1.51. The number of nitrogens with zero attached hydrogens (tertiary/aromatic N) is 8. The second-order valence-corrected chi connectivity index (χ2v) is 4.70. The molecule has 1 fully saturated rings. The van der Waals surface area contributed by atoms with Crippen LogP contribution in [0, 0.1) is 11.3 Å². The summed E-state index contributed by atoms with van der Waals surface area (Å²) in [5.74, 6) is 0.890. The molecule has 8 nitrogen and oxygen atoms in total. The number of nitriles is 1. The Morgan fingerprint density at radius 2 is 2.20 bits per heavy atom.